The van der Waals surface area contributed by atoms with E-state index in [9.17, 15) is 18.0 Å². The maximum absolute atomic E-state index is 11.9. The fraction of sp³-hybridized carbons (Fsp3) is 0.385. The molecule has 0 heterocycles. The number of amides is 1. The highest BCUT2D eigenvalue weighted by Crippen LogP contribution is 2.13. The summed E-state index contributed by atoms with van der Waals surface area (Å²) in [6, 6.07) is 6.14. The van der Waals surface area contributed by atoms with Gasteiger partial charge in [-0.1, -0.05) is 6.07 Å². The largest absolute Gasteiger partial charge is 0.469 e. The Morgan fingerprint density at radius 3 is 2.62 bits per heavy atom. The molecule has 0 fully saturated rings. The van der Waals surface area contributed by atoms with Crippen molar-refractivity contribution < 1.29 is 22.7 Å². The van der Waals surface area contributed by atoms with Crippen molar-refractivity contribution >= 4 is 27.6 Å². The monoisotopic (exact) mass is 314 g/mol. The van der Waals surface area contributed by atoms with Crippen LogP contribution < -0.4 is 10.0 Å². The van der Waals surface area contributed by atoms with E-state index < -0.39 is 16.0 Å². The number of hydrogen-bond acceptors (Lipinski definition) is 5. The van der Waals surface area contributed by atoms with Crippen LogP contribution in [0.2, 0.25) is 0 Å². The van der Waals surface area contributed by atoms with Gasteiger partial charge in [-0.25, -0.2) is 8.42 Å². The summed E-state index contributed by atoms with van der Waals surface area (Å²) in [7, 11) is -0.836. The van der Waals surface area contributed by atoms with Gasteiger partial charge in [0.05, 0.1) is 12.9 Å². The molecule has 0 saturated carbocycles. The number of carbonyl (C=O) groups is 2. The highest BCUT2D eigenvalue weighted by molar-refractivity contribution is 7.92. The molecule has 2 N–H and O–H groups in total. The second-order valence-corrected chi connectivity index (χ2v) is 6.10. The van der Waals surface area contributed by atoms with Gasteiger partial charge in [-0.05, 0) is 24.6 Å². The first-order valence-electron chi connectivity index (χ1n) is 6.27. The summed E-state index contributed by atoms with van der Waals surface area (Å²) in [6.07, 6.45) is 0.201. The predicted molar refractivity (Wildman–Crippen MR) is 78.5 cm³/mol. The van der Waals surface area contributed by atoms with Gasteiger partial charge in [-0.2, -0.15) is 0 Å². The minimum absolute atomic E-state index is 0.0374. The zero-order valence-corrected chi connectivity index (χ0v) is 12.7. The number of ether oxygens (including phenoxy) is 1. The van der Waals surface area contributed by atoms with E-state index in [2.05, 4.69) is 14.8 Å². The first-order valence-corrected chi connectivity index (χ1v) is 7.92. The van der Waals surface area contributed by atoms with Crippen LogP contribution in [0.25, 0.3) is 0 Å². The molecular weight excluding hydrogens is 296 g/mol. The lowest BCUT2D eigenvalue weighted by atomic mass is 10.2. The third-order valence-corrected chi connectivity index (χ3v) is 4.02. The normalized spacial score (nSPS) is 10.8. The Bertz CT molecular complexity index is 613. The Labute approximate surface area is 123 Å². The van der Waals surface area contributed by atoms with Crippen LogP contribution in [-0.2, 0) is 19.6 Å². The van der Waals surface area contributed by atoms with E-state index in [1.165, 1.54) is 20.2 Å². The average molecular weight is 314 g/mol. The Hall–Kier alpha value is -2.09. The van der Waals surface area contributed by atoms with Gasteiger partial charge in [-0.15, -0.1) is 0 Å². The summed E-state index contributed by atoms with van der Waals surface area (Å²) in [4.78, 5) is 22.4. The molecule has 0 atom stereocenters. The van der Waals surface area contributed by atoms with Crippen molar-refractivity contribution in [2.75, 3.05) is 24.6 Å². The number of sulfonamides is 1. The molecular formula is C13H18N2O5S. The molecule has 0 spiro atoms. The molecule has 21 heavy (non-hydrogen) atoms. The zero-order valence-electron chi connectivity index (χ0n) is 11.9. The number of methoxy groups -OCH3 is 1. The number of carbonyl (C=O) groups excluding carboxylic acids is 2. The molecule has 0 aromatic heterocycles. The molecule has 8 heteroatoms. The lowest BCUT2D eigenvalue weighted by Gasteiger charge is -2.09. The lowest BCUT2D eigenvalue weighted by molar-refractivity contribution is -0.140. The van der Waals surface area contributed by atoms with Crippen LogP contribution in [0.5, 0.6) is 0 Å². The van der Waals surface area contributed by atoms with Crippen molar-refractivity contribution in [2.45, 2.75) is 12.8 Å². The molecule has 0 unspecified atom stereocenters. The number of nitrogens with one attached hydrogen (secondary N) is 2. The highest BCUT2D eigenvalue weighted by Gasteiger charge is 2.13. The van der Waals surface area contributed by atoms with Crippen LogP contribution in [-0.4, -0.2) is 40.2 Å². The van der Waals surface area contributed by atoms with Crippen LogP contribution in [0.4, 0.5) is 5.69 Å². The molecule has 0 radical (unpaired) electrons. The second kappa shape index (κ2) is 7.63. The Morgan fingerprint density at radius 2 is 2.00 bits per heavy atom. The smallest absolute Gasteiger partial charge is 0.305 e. The zero-order chi connectivity index (χ0) is 15.9. The predicted octanol–water partition coefficient (Wildman–Crippen LogP) is 0.741. The first kappa shape index (κ1) is 17.0. The first-order chi connectivity index (χ1) is 9.88. The Balaban J connectivity index is 2.67. The van der Waals surface area contributed by atoms with Crippen molar-refractivity contribution in [1.29, 1.82) is 0 Å². The van der Waals surface area contributed by atoms with Gasteiger partial charge in [0.1, 0.15) is 0 Å². The SMILES string of the molecule is CNC(=O)c1cccc(NS(=O)(=O)CCCC(=O)OC)c1. The van der Waals surface area contributed by atoms with Crippen molar-refractivity contribution in [3.63, 3.8) is 0 Å². The molecule has 1 amide bonds. The Kier molecular flexibility index (Phi) is 6.16. The molecule has 1 aromatic rings. The van der Waals surface area contributed by atoms with Crippen LogP contribution in [0.1, 0.15) is 23.2 Å². The Morgan fingerprint density at radius 1 is 1.29 bits per heavy atom. The second-order valence-electron chi connectivity index (χ2n) is 4.26. The number of rotatable bonds is 7. The summed E-state index contributed by atoms with van der Waals surface area (Å²) in [5, 5.41) is 2.46. The lowest BCUT2D eigenvalue weighted by Crippen LogP contribution is -2.20. The number of hydrogen-bond donors (Lipinski definition) is 2. The molecule has 116 valence electrons. The molecule has 1 aromatic carbocycles. The molecule has 0 aliphatic carbocycles. The van der Waals surface area contributed by atoms with E-state index in [0.717, 1.165) is 0 Å². The van der Waals surface area contributed by atoms with Gasteiger partial charge in [-0.3, -0.25) is 14.3 Å². The standard InChI is InChI=1S/C13H18N2O5S/c1-14-13(17)10-5-3-6-11(9-10)15-21(18,19)8-4-7-12(16)20-2/h3,5-6,9,15H,4,7-8H2,1-2H3,(H,14,17). The summed E-state index contributed by atoms with van der Waals surface area (Å²) >= 11 is 0. The van der Waals surface area contributed by atoms with Gasteiger partial charge < -0.3 is 10.1 Å². The van der Waals surface area contributed by atoms with Crippen molar-refractivity contribution in [1.82, 2.24) is 5.32 Å². The van der Waals surface area contributed by atoms with Crippen LogP contribution in [0, 0.1) is 0 Å². The third kappa shape index (κ3) is 5.82. The molecule has 1 rings (SSSR count). The van der Waals surface area contributed by atoms with Crippen molar-refractivity contribution in [3.05, 3.63) is 29.8 Å². The quantitative estimate of drug-likeness (QED) is 0.723. The van der Waals surface area contributed by atoms with Crippen LogP contribution >= 0.6 is 0 Å². The molecule has 0 bridgehead atoms. The number of anilines is 1. The van der Waals surface area contributed by atoms with E-state index in [0.29, 0.717) is 11.3 Å². The minimum Gasteiger partial charge on any atom is -0.469 e. The van der Waals surface area contributed by atoms with Crippen LogP contribution in [0.15, 0.2) is 24.3 Å². The fourth-order valence-electron chi connectivity index (χ4n) is 1.61. The average Bonchev–Trinajstić information content (AvgIpc) is 2.45. The maximum Gasteiger partial charge on any atom is 0.305 e. The van der Waals surface area contributed by atoms with Crippen molar-refractivity contribution in [2.24, 2.45) is 0 Å². The summed E-state index contributed by atoms with van der Waals surface area (Å²) in [5.74, 6) is -0.958. The minimum atomic E-state index is -3.58. The van der Waals surface area contributed by atoms with E-state index in [1.54, 1.807) is 18.2 Å². The third-order valence-electron chi connectivity index (χ3n) is 2.65. The van der Waals surface area contributed by atoms with E-state index in [1.807, 2.05) is 0 Å². The molecule has 0 aliphatic heterocycles. The van der Waals surface area contributed by atoms with Gasteiger partial charge in [0.2, 0.25) is 10.0 Å². The number of benzene rings is 1. The van der Waals surface area contributed by atoms with Crippen molar-refractivity contribution in [3.8, 4) is 0 Å². The summed E-state index contributed by atoms with van der Waals surface area (Å²) in [5.41, 5.74) is 0.654. The van der Waals surface area contributed by atoms with Gasteiger partial charge in [0.25, 0.3) is 5.91 Å². The van der Waals surface area contributed by atoms with E-state index in [-0.39, 0.29) is 24.5 Å². The molecule has 0 saturated heterocycles. The van der Waals surface area contributed by atoms with Gasteiger partial charge in [0, 0.05) is 24.7 Å². The van der Waals surface area contributed by atoms with E-state index in [4.69, 9.17) is 0 Å². The summed E-state index contributed by atoms with van der Waals surface area (Å²) in [6.45, 7) is 0. The fourth-order valence-corrected chi connectivity index (χ4v) is 2.72. The van der Waals surface area contributed by atoms with Gasteiger partial charge in [0.15, 0.2) is 0 Å². The maximum atomic E-state index is 11.9. The highest BCUT2D eigenvalue weighted by atomic mass is 32.2. The number of esters is 1. The van der Waals surface area contributed by atoms with E-state index >= 15 is 0 Å². The summed E-state index contributed by atoms with van der Waals surface area (Å²) < 4.78 is 30.5. The molecule has 0 aliphatic rings. The van der Waals surface area contributed by atoms with Gasteiger partial charge >= 0.3 is 5.97 Å². The molecule has 7 nitrogen and oxygen atoms in total. The van der Waals surface area contributed by atoms with Crippen LogP contribution in [0.3, 0.4) is 0 Å². The topological polar surface area (TPSA) is 102 Å².